The van der Waals surface area contributed by atoms with Crippen molar-refractivity contribution in [2.75, 3.05) is 20.2 Å². The summed E-state index contributed by atoms with van der Waals surface area (Å²) in [6.45, 7) is 4.32. The predicted molar refractivity (Wildman–Crippen MR) is 106 cm³/mol. The number of fused-ring (bicyclic) bond motifs is 1. The minimum absolute atomic E-state index is 0.0981. The van der Waals surface area contributed by atoms with Crippen LogP contribution in [-0.2, 0) is 4.79 Å². The third-order valence-corrected chi connectivity index (χ3v) is 5.41. The fourth-order valence-corrected chi connectivity index (χ4v) is 4.15. The second-order valence-electron chi connectivity index (χ2n) is 7.24. The van der Waals surface area contributed by atoms with Crippen LogP contribution in [-0.4, -0.2) is 36.6 Å². The van der Waals surface area contributed by atoms with Crippen molar-refractivity contribution in [1.82, 2.24) is 15.2 Å². The summed E-state index contributed by atoms with van der Waals surface area (Å²) >= 11 is 0. The predicted octanol–water partition coefficient (Wildman–Crippen LogP) is 3.33. The lowest BCUT2D eigenvalue weighted by atomic mass is 9.95. The van der Waals surface area contributed by atoms with Gasteiger partial charge < -0.3 is 19.9 Å². The van der Waals surface area contributed by atoms with Crippen molar-refractivity contribution >= 4 is 22.7 Å². The normalized spacial score (nSPS) is 14.9. The van der Waals surface area contributed by atoms with E-state index < -0.39 is 0 Å². The Kier molecular flexibility index (Phi) is 6.04. The van der Waals surface area contributed by atoms with Gasteiger partial charge in [-0.3, -0.25) is 9.59 Å². The maximum Gasteiger partial charge on any atom is 0.253 e. The van der Waals surface area contributed by atoms with Crippen molar-refractivity contribution in [3.63, 3.8) is 0 Å². The Balaban J connectivity index is 1.95. The molecule has 0 aliphatic heterocycles. The Morgan fingerprint density at radius 3 is 2.52 bits per heavy atom. The third-order valence-electron chi connectivity index (χ3n) is 5.41. The van der Waals surface area contributed by atoms with Gasteiger partial charge in [-0.15, -0.1) is 0 Å². The number of carbonyl (C=O) groups excluding carboxylic acids is 2. The molecule has 1 fully saturated rings. The van der Waals surface area contributed by atoms with E-state index in [1.807, 2.05) is 19.1 Å². The molecule has 0 atom stereocenters. The van der Waals surface area contributed by atoms with E-state index in [-0.39, 0.29) is 11.8 Å². The average Bonchev–Trinajstić information content (AvgIpc) is 2.96. The van der Waals surface area contributed by atoms with Crippen LogP contribution in [0.4, 0.5) is 0 Å². The lowest BCUT2D eigenvalue weighted by Gasteiger charge is -2.26. The van der Waals surface area contributed by atoms with Crippen LogP contribution in [0.2, 0.25) is 0 Å². The second kappa shape index (κ2) is 8.46. The van der Waals surface area contributed by atoms with Crippen LogP contribution in [0.5, 0.6) is 5.75 Å². The lowest BCUT2D eigenvalue weighted by molar-refractivity contribution is -0.118. The maximum absolute atomic E-state index is 12.9. The van der Waals surface area contributed by atoms with E-state index in [0.29, 0.717) is 24.7 Å². The number of amides is 2. The van der Waals surface area contributed by atoms with Gasteiger partial charge in [-0.1, -0.05) is 19.3 Å². The minimum atomic E-state index is -0.106. The highest BCUT2D eigenvalue weighted by molar-refractivity contribution is 6.08. The fraction of sp³-hybridized carbons (Fsp3) is 0.524. The first-order chi connectivity index (χ1) is 13.0. The van der Waals surface area contributed by atoms with Crippen molar-refractivity contribution in [2.45, 2.75) is 52.0 Å². The summed E-state index contributed by atoms with van der Waals surface area (Å²) in [7, 11) is 1.64. The van der Waals surface area contributed by atoms with E-state index in [2.05, 4.69) is 21.3 Å². The van der Waals surface area contributed by atoms with Gasteiger partial charge in [0.05, 0.1) is 12.7 Å². The Bertz CT molecular complexity index is 835. The first-order valence-electron chi connectivity index (χ1n) is 9.74. The van der Waals surface area contributed by atoms with Gasteiger partial charge in [0, 0.05) is 42.7 Å². The molecule has 0 saturated heterocycles. The lowest BCUT2D eigenvalue weighted by Crippen LogP contribution is -2.33. The minimum Gasteiger partial charge on any atom is -0.497 e. The Labute approximate surface area is 160 Å². The number of methoxy groups -OCH3 is 1. The summed E-state index contributed by atoms with van der Waals surface area (Å²) in [5.41, 5.74) is 2.80. The van der Waals surface area contributed by atoms with Crippen LogP contribution >= 0.6 is 0 Å². The molecule has 1 heterocycles. The molecular formula is C21H29N3O3. The van der Waals surface area contributed by atoms with Crippen LogP contribution in [0.15, 0.2) is 18.2 Å². The molecule has 2 N–H and O–H groups in total. The highest BCUT2D eigenvalue weighted by Gasteiger charge is 2.25. The van der Waals surface area contributed by atoms with Gasteiger partial charge in [-0.25, -0.2) is 0 Å². The molecule has 6 heteroatoms. The number of nitrogens with zero attached hydrogens (tertiary/aromatic N) is 1. The number of hydrogen-bond donors (Lipinski definition) is 2. The van der Waals surface area contributed by atoms with Gasteiger partial charge in [0.1, 0.15) is 5.75 Å². The van der Waals surface area contributed by atoms with E-state index in [1.54, 1.807) is 7.11 Å². The molecule has 0 unspecified atom stereocenters. The summed E-state index contributed by atoms with van der Waals surface area (Å²) < 4.78 is 7.73. The van der Waals surface area contributed by atoms with Gasteiger partial charge in [-0.05, 0) is 38.0 Å². The topological polar surface area (TPSA) is 72.4 Å². The van der Waals surface area contributed by atoms with Crippen molar-refractivity contribution in [3.05, 3.63) is 29.5 Å². The van der Waals surface area contributed by atoms with Crippen LogP contribution in [0, 0.1) is 6.92 Å². The second-order valence-corrected chi connectivity index (χ2v) is 7.24. The standard InChI is InChI=1S/C21H29N3O3/c1-14-20(21(26)23-12-11-22-15(2)25)18-13-17(27-3)9-10-19(18)24(14)16-7-5-4-6-8-16/h9-10,13,16H,4-8,11-12H2,1-3H3,(H,22,25)(H,23,26). The summed E-state index contributed by atoms with van der Waals surface area (Å²) in [4.78, 5) is 23.9. The molecule has 1 aliphatic carbocycles. The van der Waals surface area contributed by atoms with Crippen molar-refractivity contribution < 1.29 is 14.3 Å². The molecular weight excluding hydrogens is 342 g/mol. The van der Waals surface area contributed by atoms with Gasteiger partial charge >= 0.3 is 0 Å². The first kappa shape index (κ1) is 19.3. The largest absolute Gasteiger partial charge is 0.497 e. The number of aromatic nitrogens is 1. The highest BCUT2D eigenvalue weighted by Crippen LogP contribution is 2.37. The number of carbonyl (C=O) groups is 2. The summed E-state index contributed by atoms with van der Waals surface area (Å²) in [5.74, 6) is 0.542. The van der Waals surface area contributed by atoms with Crippen LogP contribution in [0.3, 0.4) is 0 Å². The number of rotatable bonds is 6. The van der Waals surface area contributed by atoms with E-state index in [1.165, 1.54) is 26.2 Å². The maximum atomic E-state index is 12.9. The van der Waals surface area contributed by atoms with Crippen molar-refractivity contribution in [3.8, 4) is 5.75 Å². The number of hydrogen-bond acceptors (Lipinski definition) is 3. The number of nitrogens with one attached hydrogen (secondary N) is 2. The zero-order valence-corrected chi connectivity index (χ0v) is 16.4. The summed E-state index contributed by atoms with van der Waals surface area (Å²) in [6.07, 6.45) is 6.07. The Morgan fingerprint density at radius 1 is 1.15 bits per heavy atom. The average molecular weight is 371 g/mol. The van der Waals surface area contributed by atoms with E-state index in [0.717, 1.165) is 35.2 Å². The Hall–Kier alpha value is -2.50. The molecule has 2 aromatic rings. The molecule has 0 radical (unpaired) electrons. The quantitative estimate of drug-likeness (QED) is 0.765. The van der Waals surface area contributed by atoms with Crippen molar-refractivity contribution in [2.24, 2.45) is 0 Å². The van der Waals surface area contributed by atoms with E-state index >= 15 is 0 Å². The third kappa shape index (κ3) is 4.10. The summed E-state index contributed by atoms with van der Waals surface area (Å²) in [6, 6.07) is 6.41. The number of ether oxygens (including phenoxy) is 1. The first-order valence-corrected chi connectivity index (χ1v) is 9.74. The highest BCUT2D eigenvalue weighted by atomic mass is 16.5. The zero-order chi connectivity index (χ0) is 19.4. The fourth-order valence-electron chi connectivity index (χ4n) is 4.15. The molecule has 6 nitrogen and oxygen atoms in total. The van der Waals surface area contributed by atoms with Gasteiger partial charge in [0.25, 0.3) is 5.91 Å². The van der Waals surface area contributed by atoms with Gasteiger partial charge in [0.15, 0.2) is 0 Å². The van der Waals surface area contributed by atoms with Crippen molar-refractivity contribution in [1.29, 1.82) is 0 Å². The molecule has 0 bridgehead atoms. The monoisotopic (exact) mass is 371 g/mol. The molecule has 1 aliphatic rings. The molecule has 1 aromatic carbocycles. The van der Waals surface area contributed by atoms with Crippen LogP contribution in [0.1, 0.15) is 61.1 Å². The molecule has 3 rings (SSSR count). The molecule has 0 spiro atoms. The molecule has 2 amide bonds. The molecule has 27 heavy (non-hydrogen) atoms. The van der Waals surface area contributed by atoms with E-state index in [9.17, 15) is 9.59 Å². The Morgan fingerprint density at radius 2 is 1.85 bits per heavy atom. The van der Waals surface area contributed by atoms with Gasteiger partial charge in [-0.2, -0.15) is 0 Å². The van der Waals surface area contributed by atoms with Crippen LogP contribution < -0.4 is 15.4 Å². The van der Waals surface area contributed by atoms with Crippen LogP contribution in [0.25, 0.3) is 10.9 Å². The molecule has 1 aromatic heterocycles. The smallest absolute Gasteiger partial charge is 0.253 e. The SMILES string of the molecule is COc1ccc2c(c1)c(C(=O)NCCNC(C)=O)c(C)n2C1CCCCC1. The van der Waals surface area contributed by atoms with E-state index in [4.69, 9.17) is 4.74 Å². The summed E-state index contributed by atoms with van der Waals surface area (Å²) in [5, 5.41) is 6.56. The molecule has 146 valence electrons. The number of benzene rings is 1. The zero-order valence-electron chi connectivity index (χ0n) is 16.4. The molecule has 1 saturated carbocycles. The van der Waals surface area contributed by atoms with Gasteiger partial charge in [0.2, 0.25) is 5.91 Å².